The predicted molar refractivity (Wildman–Crippen MR) is 182 cm³/mol. The highest BCUT2D eigenvalue weighted by Crippen LogP contribution is 2.46. The van der Waals surface area contributed by atoms with E-state index < -0.39 is 10.8 Å². The van der Waals surface area contributed by atoms with Gasteiger partial charge in [-0.05, 0) is 101 Å². The molecule has 0 saturated carbocycles. The molecule has 2 rings (SSSR count). The summed E-state index contributed by atoms with van der Waals surface area (Å²) in [5.41, 5.74) is 0.964. The minimum atomic E-state index is -0.686. The van der Waals surface area contributed by atoms with Crippen LogP contribution in [-0.2, 0) is 29.9 Å². The second-order valence-electron chi connectivity index (χ2n) is 15.5. The smallest absolute Gasteiger partial charge is 0.314 e. The average Bonchev–Trinajstić information content (AvgIpc) is 2.92. The molecule has 46 heavy (non-hydrogen) atoms. The predicted octanol–water partition coefficient (Wildman–Crippen LogP) is 8.82. The number of hydrogen-bond acceptors (Lipinski definition) is 8. The highest BCUT2D eigenvalue weighted by Gasteiger charge is 2.31. The minimum Gasteiger partial charge on any atom is -0.493 e. The van der Waals surface area contributed by atoms with Crippen molar-refractivity contribution < 1.29 is 38.1 Å². The third-order valence-electron chi connectivity index (χ3n) is 6.91. The zero-order valence-electron chi connectivity index (χ0n) is 30.1. The highest BCUT2D eigenvalue weighted by molar-refractivity contribution is 6.07. The van der Waals surface area contributed by atoms with Gasteiger partial charge in [0, 0.05) is 16.7 Å². The fourth-order valence-electron chi connectivity index (χ4n) is 4.15. The summed E-state index contributed by atoms with van der Waals surface area (Å²) in [5.74, 6) is 0.586. The first-order chi connectivity index (χ1) is 21.1. The summed E-state index contributed by atoms with van der Waals surface area (Å²) in [4.78, 5) is 37.9. The maximum absolute atomic E-state index is 13.4. The molecule has 254 valence electrons. The number of ketones is 1. The second kappa shape index (κ2) is 15.2. The molecule has 0 aliphatic heterocycles. The largest absolute Gasteiger partial charge is 0.493 e. The average molecular weight is 639 g/mol. The first-order valence-electron chi connectivity index (χ1n) is 15.8. The molecule has 0 unspecified atom stereocenters. The summed E-state index contributed by atoms with van der Waals surface area (Å²) in [5, 5.41) is 0. The molecule has 0 aromatic heterocycles. The third kappa shape index (κ3) is 10.9. The number of ether oxygens (including phenoxy) is 5. The van der Waals surface area contributed by atoms with Gasteiger partial charge in [0.05, 0.1) is 23.0 Å². The number of esters is 2. The Morgan fingerprint density at radius 1 is 0.652 bits per heavy atom. The molecule has 0 aliphatic rings. The monoisotopic (exact) mass is 638 g/mol. The van der Waals surface area contributed by atoms with E-state index in [1.54, 1.807) is 71.9 Å². The third-order valence-corrected chi connectivity index (χ3v) is 6.91. The number of allylic oxidation sites excluding steroid dienone is 1. The van der Waals surface area contributed by atoms with Crippen LogP contribution in [0.25, 0.3) is 6.08 Å². The lowest BCUT2D eigenvalue weighted by Gasteiger charge is -2.31. The van der Waals surface area contributed by atoms with Crippen LogP contribution in [0.3, 0.4) is 0 Å². The Morgan fingerprint density at radius 3 is 1.54 bits per heavy atom. The normalized spacial score (nSPS) is 12.5. The summed E-state index contributed by atoms with van der Waals surface area (Å²) >= 11 is 0. The Kier molecular flexibility index (Phi) is 12.7. The topological polar surface area (TPSA) is 97.4 Å². The second-order valence-corrected chi connectivity index (χ2v) is 15.5. The van der Waals surface area contributed by atoms with Gasteiger partial charge in [0.1, 0.15) is 17.2 Å². The number of carbonyl (C=O) groups excluding carboxylic acids is 3. The summed E-state index contributed by atoms with van der Waals surface area (Å²) in [7, 11) is 0. The Balaban J connectivity index is 2.54. The van der Waals surface area contributed by atoms with Crippen molar-refractivity contribution in [1.82, 2.24) is 0 Å². The van der Waals surface area contributed by atoms with Gasteiger partial charge in [0.2, 0.25) is 13.6 Å². The molecular formula is C38H54O8. The molecule has 0 N–H and O–H groups in total. The van der Waals surface area contributed by atoms with Crippen molar-refractivity contribution in [1.29, 1.82) is 0 Å². The first kappa shape index (κ1) is 38.4. The number of rotatable bonds is 12. The zero-order valence-corrected chi connectivity index (χ0v) is 30.1. The van der Waals surface area contributed by atoms with Crippen LogP contribution in [0.1, 0.15) is 123 Å². The first-order valence-corrected chi connectivity index (χ1v) is 15.8. The van der Waals surface area contributed by atoms with Crippen molar-refractivity contribution in [2.45, 2.75) is 107 Å². The van der Waals surface area contributed by atoms with Crippen molar-refractivity contribution in [2.24, 2.45) is 10.8 Å². The van der Waals surface area contributed by atoms with Crippen molar-refractivity contribution in [3.8, 4) is 17.2 Å². The molecule has 2 aromatic carbocycles. The van der Waals surface area contributed by atoms with E-state index in [1.807, 2.05) is 6.92 Å². The molecule has 0 radical (unpaired) electrons. The Hall–Kier alpha value is -3.81. The summed E-state index contributed by atoms with van der Waals surface area (Å²) in [6.07, 6.45) is 3.99. The van der Waals surface area contributed by atoms with Crippen LogP contribution in [0.15, 0.2) is 36.4 Å². The lowest BCUT2D eigenvalue weighted by molar-refractivity contribution is -0.160. The molecular weight excluding hydrogens is 584 g/mol. The minimum absolute atomic E-state index is 0.224. The van der Waals surface area contributed by atoms with Gasteiger partial charge in [0.15, 0.2) is 5.78 Å². The quantitative estimate of drug-likeness (QED) is 0.0985. The number of hydrogen-bond donors (Lipinski definition) is 0. The molecule has 0 spiro atoms. The van der Waals surface area contributed by atoms with Crippen molar-refractivity contribution in [3.63, 3.8) is 0 Å². The van der Waals surface area contributed by atoms with E-state index in [9.17, 15) is 14.4 Å². The van der Waals surface area contributed by atoms with Gasteiger partial charge in [-0.1, -0.05) is 48.5 Å². The molecule has 0 bridgehead atoms. The van der Waals surface area contributed by atoms with E-state index in [4.69, 9.17) is 23.7 Å². The molecule has 0 atom stereocenters. The standard InChI is InChI=1S/C38H54O8/c1-14-21-42-31-27(19-20-30(39)25-15-17-26(18-16-25)43-23-45-33(40)37(8,9)10)32(44-24-46-34(41)38(11,12)13)29(36(5,6)7)22-28(31)35(2,3)4/h15-20,22H,14,21,23-24H2,1-13H3. The molecule has 8 nitrogen and oxygen atoms in total. The maximum atomic E-state index is 13.4. The molecule has 8 heteroatoms. The van der Waals surface area contributed by atoms with E-state index in [0.717, 1.165) is 17.5 Å². The van der Waals surface area contributed by atoms with Crippen LogP contribution >= 0.6 is 0 Å². The van der Waals surface area contributed by atoms with Crippen LogP contribution in [-0.4, -0.2) is 37.9 Å². The number of benzene rings is 2. The molecule has 0 heterocycles. The summed E-state index contributed by atoms with van der Waals surface area (Å²) in [6, 6.07) is 8.70. The summed E-state index contributed by atoms with van der Waals surface area (Å²) in [6.45, 7) is 25.2. The van der Waals surface area contributed by atoms with E-state index in [0.29, 0.717) is 35.0 Å². The molecule has 0 fully saturated rings. The van der Waals surface area contributed by atoms with Gasteiger partial charge in [-0.3, -0.25) is 14.4 Å². The van der Waals surface area contributed by atoms with Crippen LogP contribution in [0.2, 0.25) is 0 Å². The molecule has 2 aromatic rings. The van der Waals surface area contributed by atoms with E-state index >= 15 is 0 Å². The van der Waals surface area contributed by atoms with E-state index in [1.165, 1.54) is 6.08 Å². The zero-order chi connectivity index (χ0) is 35.1. The van der Waals surface area contributed by atoms with Crippen LogP contribution < -0.4 is 14.2 Å². The van der Waals surface area contributed by atoms with Crippen molar-refractivity contribution >= 4 is 23.8 Å². The van der Waals surface area contributed by atoms with Gasteiger partial charge in [-0.15, -0.1) is 0 Å². The Labute approximate surface area is 275 Å². The fourth-order valence-corrected chi connectivity index (χ4v) is 4.15. The molecule has 0 amide bonds. The maximum Gasteiger partial charge on any atom is 0.314 e. The summed E-state index contributed by atoms with van der Waals surface area (Å²) < 4.78 is 28.8. The van der Waals surface area contributed by atoms with Gasteiger partial charge in [-0.25, -0.2) is 0 Å². The van der Waals surface area contributed by atoms with Crippen LogP contribution in [0.4, 0.5) is 0 Å². The molecule has 0 saturated heterocycles. The van der Waals surface area contributed by atoms with Gasteiger partial charge < -0.3 is 23.7 Å². The van der Waals surface area contributed by atoms with Gasteiger partial charge >= 0.3 is 11.9 Å². The lowest BCUT2D eigenvalue weighted by atomic mass is 9.78. The Morgan fingerprint density at radius 2 is 1.11 bits per heavy atom. The van der Waals surface area contributed by atoms with Crippen molar-refractivity contribution in [2.75, 3.05) is 20.2 Å². The fraction of sp³-hybridized carbons (Fsp3) is 0.553. The Bertz CT molecular complexity index is 1390. The van der Waals surface area contributed by atoms with Crippen LogP contribution in [0.5, 0.6) is 17.2 Å². The van der Waals surface area contributed by atoms with E-state index in [-0.39, 0.29) is 42.1 Å². The lowest BCUT2D eigenvalue weighted by Crippen LogP contribution is -2.26. The molecule has 0 aliphatic carbocycles. The van der Waals surface area contributed by atoms with E-state index in [2.05, 4.69) is 47.6 Å². The SMILES string of the molecule is CCCOc1c(C(C)(C)C)cc(C(C)(C)C)c(OCOC(=O)C(C)(C)C)c1C=CC(=O)c1ccc(OCOC(=O)C(C)(C)C)cc1. The highest BCUT2D eigenvalue weighted by atomic mass is 16.7. The van der Waals surface area contributed by atoms with Crippen LogP contribution in [0, 0.1) is 10.8 Å². The number of carbonyl (C=O) groups is 3. The van der Waals surface area contributed by atoms with Crippen molar-refractivity contribution in [3.05, 3.63) is 58.7 Å². The van der Waals surface area contributed by atoms with Gasteiger partial charge in [0.25, 0.3) is 0 Å². The van der Waals surface area contributed by atoms with Gasteiger partial charge in [-0.2, -0.15) is 0 Å².